The van der Waals surface area contributed by atoms with Crippen molar-refractivity contribution in [2.45, 2.75) is 86.5 Å². The number of rotatable bonds is 28. The van der Waals surface area contributed by atoms with E-state index in [4.69, 9.17) is 37.9 Å². The second-order valence-electron chi connectivity index (χ2n) is 16.5. The molecule has 3 N–H and O–H groups in total. The Kier molecular flexibility index (Phi) is 23.8. The van der Waals surface area contributed by atoms with E-state index in [-0.39, 0.29) is 85.8 Å². The maximum Gasteiger partial charge on any atom is 0.407 e. The Hall–Kier alpha value is -5.26. The predicted molar refractivity (Wildman–Crippen MR) is 229 cm³/mol. The van der Waals surface area contributed by atoms with Gasteiger partial charge in [0.1, 0.15) is 39.6 Å². The standard InChI is InChI=1S/C45H68N2O15/c1-28(2)34(13)55-20-44(21-56-37(48)29(3)4,22-57-38(49)30(5)6)26-61-42(53)46-18-35-15-14-16-36(17-35)19-47-43(54)62-27-45(23-58-39(50)31(7)8,24-59-40(51)32(9)10)25-60-41(52)33(11)12/h34-36,39,50H,1,3,5,7,9,11,14-27H2,2,4,6,8,10,12-13H3,(H,46,53)(H,47,54). The Morgan fingerprint density at radius 3 is 1.16 bits per heavy atom. The van der Waals surface area contributed by atoms with Gasteiger partial charge < -0.3 is 53.6 Å². The van der Waals surface area contributed by atoms with E-state index in [2.05, 4.69) is 50.1 Å². The van der Waals surface area contributed by atoms with E-state index >= 15 is 0 Å². The van der Waals surface area contributed by atoms with Gasteiger partial charge in [0.2, 0.25) is 0 Å². The third-order valence-electron chi connectivity index (χ3n) is 9.71. The number of alkyl carbamates (subject to hydrolysis) is 2. The summed E-state index contributed by atoms with van der Waals surface area (Å²) in [5.41, 5.74) is -1.25. The summed E-state index contributed by atoms with van der Waals surface area (Å²) < 4.78 is 44.3. The van der Waals surface area contributed by atoms with Gasteiger partial charge in [-0.2, -0.15) is 0 Å². The van der Waals surface area contributed by atoms with Crippen molar-refractivity contribution in [2.24, 2.45) is 22.7 Å². The summed E-state index contributed by atoms with van der Waals surface area (Å²) in [7, 11) is 0. The van der Waals surface area contributed by atoms with Gasteiger partial charge in [0.05, 0.1) is 30.1 Å². The van der Waals surface area contributed by atoms with Gasteiger partial charge in [0, 0.05) is 35.4 Å². The molecule has 1 rings (SSSR count). The van der Waals surface area contributed by atoms with Crippen molar-refractivity contribution in [3.63, 3.8) is 0 Å². The third kappa shape index (κ3) is 21.0. The minimum atomic E-state index is -1.44. The number of esters is 4. The Balaban J connectivity index is 2.98. The van der Waals surface area contributed by atoms with Crippen LogP contribution < -0.4 is 10.6 Å². The molecule has 0 aromatic rings. The van der Waals surface area contributed by atoms with Crippen molar-refractivity contribution in [3.8, 4) is 0 Å². The van der Waals surface area contributed by atoms with Crippen LogP contribution in [0.15, 0.2) is 72.9 Å². The minimum absolute atomic E-state index is 0.0251. The van der Waals surface area contributed by atoms with Gasteiger partial charge in [-0.15, -0.1) is 0 Å². The zero-order valence-electron chi connectivity index (χ0n) is 37.6. The van der Waals surface area contributed by atoms with E-state index in [0.29, 0.717) is 6.42 Å². The lowest BCUT2D eigenvalue weighted by Crippen LogP contribution is -2.45. The molecule has 0 bridgehead atoms. The molecule has 17 nitrogen and oxygen atoms in total. The molecule has 0 radical (unpaired) electrons. The normalized spacial score (nSPS) is 15.9. The number of hydrogen-bond acceptors (Lipinski definition) is 15. The van der Waals surface area contributed by atoms with Gasteiger partial charge in [0.25, 0.3) is 0 Å². The van der Waals surface area contributed by atoms with E-state index < -0.39 is 79.1 Å². The zero-order valence-corrected chi connectivity index (χ0v) is 37.6. The highest BCUT2D eigenvalue weighted by Crippen LogP contribution is 2.29. The summed E-state index contributed by atoms with van der Waals surface area (Å²) in [5, 5.41) is 15.8. The van der Waals surface area contributed by atoms with Crippen molar-refractivity contribution >= 4 is 36.1 Å². The molecule has 0 aromatic carbocycles. The predicted octanol–water partition coefficient (Wildman–Crippen LogP) is 5.59. The third-order valence-corrected chi connectivity index (χ3v) is 9.71. The van der Waals surface area contributed by atoms with Gasteiger partial charge in [-0.05, 0) is 85.1 Å². The van der Waals surface area contributed by atoms with E-state index in [1.165, 1.54) is 34.6 Å². The first-order chi connectivity index (χ1) is 28.9. The van der Waals surface area contributed by atoms with Crippen molar-refractivity contribution in [1.29, 1.82) is 0 Å². The number of carbonyl (C=O) groups excluding carboxylic acids is 6. The van der Waals surface area contributed by atoms with E-state index in [1.807, 2.05) is 0 Å². The lowest BCUT2D eigenvalue weighted by Gasteiger charge is -2.33. The van der Waals surface area contributed by atoms with E-state index in [1.54, 1.807) is 13.8 Å². The summed E-state index contributed by atoms with van der Waals surface area (Å²) >= 11 is 0. The van der Waals surface area contributed by atoms with Crippen molar-refractivity contribution in [1.82, 2.24) is 10.6 Å². The van der Waals surface area contributed by atoms with Crippen LogP contribution in [0, 0.1) is 22.7 Å². The Labute approximate surface area is 365 Å². The first-order valence-corrected chi connectivity index (χ1v) is 20.2. The van der Waals surface area contributed by atoms with E-state index in [0.717, 1.165) is 24.8 Å². The first-order valence-electron chi connectivity index (χ1n) is 20.2. The highest BCUT2D eigenvalue weighted by molar-refractivity contribution is 5.88. The van der Waals surface area contributed by atoms with Crippen LogP contribution in [-0.2, 0) is 57.1 Å². The molecule has 0 spiro atoms. The average Bonchev–Trinajstić information content (AvgIpc) is 3.22. The monoisotopic (exact) mass is 876 g/mol. The minimum Gasteiger partial charge on any atom is -0.461 e. The topological polar surface area (TPSA) is 221 Å². The molecule has 1 fully saturated rings. The molecule has 2 amide bonds. The maximum absolute atomic E-state index is 13.1. The van der Waals surface area contributed by atoms with Gasteiger partial charge in [0.15, 0.2) is 6.29 Å². The molecule has 4 atom stereocenters. The zero-order chi connectivity index (χ0) is 47.2. The first kappa shape index (κ1) is 54.8. The highest BCUT2D eigenvalue weighted by Gasteiger charge is 2.39. The van der Waals surface area contributed by atoms with Crippen LogP contribution in [0.1, 0.15) is 74.1 Å². The Bertz CT molecular complexity index is 1490. The largest absolute Gasteiger partial charge is 0.461 e. The number of amides is 2. The van der Waals surface area contributed by atoms with Crippen LogP contribution in [0.3, 0.4) is 0 Å². The molecular weight excluding hydrogens is 808 g/mol. The number of aliphatic hydroxyl groups is 1. The van der Waals surface area contributed by atoms with Gasteiger partial charge in [-0.25, -0.2) is 28.8 Å². The molecule has 1 saturated carbocycles. The van der Waals surface area contributed by atoms with Crippen LogP contribution in [0.2, 0.25) is 0 Å². The summed E-state index contributed by atoms with van der Waals surface area (Å²) in [4.78, 5) is 75.5. The fraction of sp³-hybridized carbons (Fsp3) is 0.600. The lowest BCUT2D eigenvalue weighted by atomic mass is 9.81. The molecule has 17 heteroatoms. The van der Waals surface area contributed by atoms with Crippen molar-refractivity contribution in [2.75, 3.05) is 65.9 Å². The maximum atomic E-state index is 13.1. The summed E-state index contributed by atoms with van der Waals surface area (Å²) in [6.45, 7) is 30.6. The molecule has 4 unspecified atom stereocenters. The van der Waals surface area contributed by atoms with Gasteiger partial charge in [-0.3, -0.25) is 0 Å². The molecule has 1 aliphatic rings. The molecule has 0 aromatic heterocycles. The fourth-order valence-electron chi connectivity index (χ4n) is 5.48. The van der Waals surface area contributed by atoms with Crippen LogP contribution in [0.25, 0.3) is 0 Å². The van der Waals surface area contributed by atoms with Crippen LogP contribution in [0.5, 0.6) is 0 Å². The average molecular weight is 877 g/mol. The number of hydrogen-bond donors (Lipinski definition) is 3. The van der Waals surface area contributed by atoms with Crippen molar-refractivity contribution in [3.05, 3.63) is 72.9 Å². The van der Waals surface area contributed by atoms with E-state index in [9.17, 15) is 33.9 Å². The molecule has 1 aliphatic carbocycles. The molecule has 0 heterocycles. The summed E-state index contributed by atoms with van der Waals surface area (Å²) in [6.07, 6.45) is -0.321. The second kappa shape index (κ2) is 26.9. The number of ether oxygens (including phenoxy) is 8. The molecule has 348 valence electrons. The smallest absolute Gasteiger partial charge is 0.407 e. The number of nitrogens with one attached hydrogen (secondary N) is 2. The van der Waals surface area contributed by atoms with Gasteiger partial charge >= 0.3 is 36.1 Å². The highest BCUT2D eigenvalue weighted by atomic mass is 16.6. The fourth-order valence-corrected chi connectivity index (χ4v) is 5.48. The SMILES string of the molecule is C=C(C)C(=O)OCC(COC(=O)NCC1CCCC(CNC(=O)OCC(COC(=O)C(=C)C)(COC(=O)C(=C)C)COC(O)C(=C)C)C1)(COC(=O)C(=C)C)COC(C)C(=C)C. The van der Waals surface area contributed by atoms with Crippen LogP contribution in [-0.4, -0.2) is 120 Å². The van der Waals surface area contributed by atoms with Gasteiger partial charge in [-0.1, -0.05) is 51.5 Å². The summed E-state index contributed by atoms with van der Waals surface area (Å²) in [6, 6.07) is 0. The summed E-state index contributed by atoms with van der Waals surface area (Å²) in [5.74, 6) is -2.79. The van der Waals surface area contributed by atoms with Crippen LogP contribution in [0.4, 0.5) is 9.59 Å². The van der Waals surface area contributed by atoms with Crippen LogP contribution >= 0.6 is 0 Å². The molecule has 0 aliphatic heterocycles. The van der Waals surface area contributed by atoms with Crippen molar-refractivity contribution < 1.29 is 71.8 Å². The number of aliphatic hydroxyl groups excluding tert-OH is 1. The second-order valence-corrected chi connectivity index (χ2v) is 16.5. The molecule has 0 saturated heterocycles. The quantitative estimate of drug-likeness (QED) is 0.0287. The lowest BCUT2D eigenvalue weighted by molar-refractivity contribution is -0.166. The molecule has 62 heavy (non-hydrogen) atoms. The number of carbonyl (C=O) groups is 6. The Morgan fingerprint density at radius 1 is 0.532 bits per heavy atom. The Morgan fingerprint density at radius 2 is 0.855 bits per heavy atom. The molecular formula is C45H68N2O15.